The van der Waals surface area contributed by atoms with E-state index in [1.54, 1.807) is 6.92 Å². The molecule has 1 fully saturated rings. The van der Waals surface area contributed by atoms with Gasteiger partial charge in [0.15, 0.2) is 6.29 Å². The van der Waals surface area contributed by atoms with Gasteiger partial charge in [0.05, 0.1) is 18.6 Å². The van der Waals surface area contributed by atoms with E-state index in [1.165, 1.54) is 0 Å². The highest BCUT2D eigenvalue weighted by Gasteiger charge is 2.43. The van der Waals surface area contributed by atoms with Crippen molar-refractivity contribution in [2.45, 2.75) is 88.7 Å². The maximum atomic E-state index is 11.0. The lowest BCUT2D eigenvalue weighted by Crippen LogP contribution is -2.58. The van der Waals surface area contributed by atoms with Crippen LogP contribution in [-0.2, 0) is 14.3 Å². The lowest BCUT2D eigenvalue weighted by Gasteiger charge is -2.40. The average molecular weight is 349 g/mol. The Morgan fingerprint density at radius 2 is 1.71 bits per heavy atom. The van der Waals surface area contributed by atoms with Crippen LogP contribution >= 0.6 is 0 Å². The number of carboxylic acid groups (broad SMARTS) is 1. The van der Waals surface area contributed by atoms with Crippen molar-refractivity contribution >= 4 is 5.97 Å². The van der Waals surface area contributed by atoms with Crippen molar-refractivity contribution in [1.29, 1.82) is 0 Å². The van der Waals surface area contributed by atoms with Crippen LogP contribution in [0.1, 0.15) is 51.9 Å². The fraction of sp³-hybridized carbons (Fsp3) is 0.938. The second kappa shape index (κ2) is 11.0. The second-order valence-electron chi connectivity index (χ2n) is 6.38. The van der Waals surface area contributed by atoms with E-state index >= 15 is 0 Å². The maximum absolute atomic E-state index is 11.0. The molecule has 8 nitrogen and oxygen atoms in total. The molecule has 1 heterocycles. The first-order valence-corrected chi connectivity index (χ1v) is 8.63. The largest absolute Gasteiger partial charge is 0.481 e. The van der Waals surface area contributed by atoms with Crippen LogP contribution in [0.3, 0.4) is 0 Å². The average Bonchev–Trinajstić information content (AvgIpc) is 2.53. The van der Waals surface area contributed by atoms with Crippen LogP contribution in [0.4, 0.5) is 0 Å². The van der Waals surface area contributed by atoms with Crippen LogP contribution in [0.5, 0.6) is 0 Å². The third kappa shape index (κ3) is 7.00. The van der Waals surface area contributed by atoms with Gasteiger partial charge in [0, 0.05) is 0 Å². The van der Waals surface area contributed by atoms with Gasteiger partial charge in [-0.3, -0.25) is 4.79 Å². The van der Waals surface area contributed by atoms with E-state index in [1.807, 2.05) is 0 Å². The van der Waals surface area contributed by atoms with Crippen LogP contribution in [0.25, 0.3) is 0 Å². The molecule has 0 radical (unpaired) electrons. The quantitative estimate of drug-likeness (QED) is 0.327. The fourth-order valence-electron chi connectivity index (χ4n) is 2.78. The van der Waals surface area contributed by atoms with Crippen molar-refractivity contribution in [3.63, 3.8) is 0 Å². The van der Waals surface area contributed by atoms with Crippen LogP contribution in [0.15, 0.2) is 0 Å². The summed E-state index contributed by atoms with van der Waals surface area (Å²) in [6, 6.07) is 0. The predicted octanol–water partition coefficient (Wildman–Crippen LogP) is -0.0269. The van der Waals surface area contributed by atoms with Crippen LogP contribution in [-0.4, -0.2) is 69.8 Å². The van der Waals surface area contributed by atoms with Crippen LogP contribution in [0, 0.1) is 0 Å². The maximum Gasteiger partial charge on any atom is 0.305 e. The van der Waals surface area contributed by atoms with E-state index < -0.39 is 42.8 Å². The summed E-state index contributed by atoms with van der Waals surface area (Å²) < 4.78 is 11.0. The van der Waals surface area contributed by atoms with Gasteiger partial charge >= 0.3 is 5.97 Å². The first kappa shape index (κ1) is 21.3. The first-order chi connectivity index (χ1) is 11.4. The van der Waals surface area contributed by atoms with E-state index in [2.05, 4.69) is 0 Å². The Balaban J connectivity index is 2.48. The molecular weight excluding hydrogens is 318 g/mol. The highest BCUT2D eigenvalue weighted by Crippen LogP contribution is 2.24. The molecular formula is C16H31NO7. The zero-order valence-electron chi connectivity index (χ0n) is 14.2. The number of aliphatic hydroxyl groups is 3. The number of ether oxygens (including phenoxy) is 2. The molecule has 8 heteroatoms. The molecule has 1 aliphatic heterocycles. The topological polar surface area (TPSA) is 142 Å². The molecule has 0 amide bonds. The number of aliphatic hydroxyl groups excluding tert-OH is 3. The molecule has 0 aromatic rings. The van der Waals surface area contributed by atoms with Crippen molar-refractivity contribution in [3.8, 4) is 0 Å². The number of hydrogen-bond acceptors (Lipinski definition) is 7. The molecule has 0 aromatic carbocycles. The van der Waals surface area contributed by atoms with E-state index in [9.17, 15) is 20.1 Å². The number of carbonyl (C=O) groups is 1. The lowest BCUT2D eigenvalue weighted by molar-refractivity contribution is -0.304. The molecule has 0 aliphatic carbocycles. The van der Waals surface area contributed by atoms with Gasteiger partial charge in [-0.15, -0.1) is 0 Å². The predicted molar refractivity (Wildman–Crippen MR) is 86.2 cm³/mol. The zero-order chi connectivity index (χ0) is 18.1. The second-order valence-corrected chi connectivity index (χ2v) is 6.38. The minimum atomic E-state index is -1.42. The molecule has 0 saturated carbocycles. The molecule has 0 bridgehead atoms. The zero-order valence-corrected chi connectivity index (χ0v) is 14.2. The molecule has 1 rings (SSSR count). The summed E-state index contributed by atoms with van der Waals surface area (Å²) in [6.07, 6.45) is -1.38. The Morgan fingerprint density at radius 3 is 2.33 bits per heavy atom. The molecule has 24 heavy (non-hydrogen) atoms. The Bertz CT molecular complexity index is 368. The van der Waals surface area contributed by atoms with Gasteiger partial charge in [0.1, 0.15) is 18.3 Å². The summed E-state index contributed by atoms with van der Waals surface area (Å²) >= 11 is 0. The van der Waals surface area contributed by atoms with Gasteiger partial charge in [-0.2, -0.15) is 0 Å². The van der Waals surface area contributed by atoms with Crippen molar-refractivity contribution in [1.82, 2.24) is 0 Å². The minimum absolute atomic E-state index is 0.206. The lowest BCUT2D eigenvalue weighted by atomic mass is 9.99. The summed E-state index contributed by atoms with van der Waals surface area (Å²) in [5.41, 5.74) is 5.43. The molecule has 1 aliphatic rings. The van der Waals surface area contributed by atoms with Gasteiger partial charge in [-0.05, 0) is 26.3 Å². The fourth-order valence-corrected chi connectivity index (χ4v) is 2.78. The van der Waals surface area contributed by atoms with Crippen LogP contribution in [0.2, 0.25) is 0 Å². The standard InChI is InChI=1S/C16H31NO7/c1-10-13(20)14(21)15(22)16(23-10)24-11(9-12(18)19)7-5-3-2-4-6-8-17/h10-11,13-16,20-22H,2-9,17H2,1H3,(H,18,19)/t10?,11?,13-,14-,15?,16-/m0/s1. The summed E-state index contributed by atoms with van der Waals surface area (Å²) in [5, 5.41) is 38.4. The third-order valence-corrected chi connectivity index (χ3v) is 4.27. The van der Waals surface area contributed by atoms with E-state index in [4.69, 9.17) is 20.3 Å². The molecule has 0 aromatic heterocycles. The minimum Gasteiger partial charge on any atom is -0.481 e. The molecule has 6 atom stereocenters. The Morgan fingerprint density at radius 1 is 1.08 bits per heavy atom. The molecule has 142 valence electrons. The molecule has 0 spiro atoms. The monoisotopic (exact) mass is 349 g/mol. The Kier molecular flexibility index (Phi) is 9.72. The SMILES string of the molecule is CC1O[C@@H](OC(CCCCCCCN)CC(=O)O)C(O)[C@@H](O)[C@H]1O. The summed E-state index contributed by atoms with van der Waals surface area (Å²) in [4.78, 5) is 11.0. The third-order valence-electron chi connectivity index (χ3n) is 4.27. The normalized spacial score (nSPS) is 31.8. The molecule has 1 saturated heterocycles. The van der Waals surface area contributed by atoms with Gasteiger partial charge in [0.25, 0.3) is 0 Å². The van der Waals surface area contributed by atoms with Crippen molar-refractivity contribution < 1.29 is 34.7 Å². The van der Waals surface area contributed by atoms with Crippen LogP contribution < -0.4 is 5.73 Å². The molecule has 6 N–H and O–H groups in total. The van der Waals surface area contributed by atoms with E-state index in [0.29, 0.717) is 13.0 Å². The van der Waals surface area contributed by atoms with Crippen molar-refractivity contribution in [2.24, 2.45) is 5.73 Å². The van der Waals surface area contributed by atoms with Gasteiger partial charge in [-0.25, -0.2) is 0 Å². The van der Waals surface area contributed by atoms with Gasteiger partial charge in [-0.1, -0.05) is 25.7 Å². The number of aliphatic carboxylic acids is 1. The van der Waals surface area contributed by atoms with E-state index in [0.717, 1.165) is 32.1 Å². The number of carboxylic acids is 1. The number of rotatable bonds is 11. The number of unbranched alkanes of at least 4 members (excludes halogenated alkanes) is 4. The molecule has 3 unspecified atom stereocenters. The van der Waals surface area contributed by atoms with Crippen molar-refractivity contribution in [3.05, 3.63) is 0 Å². The highest BCUT2D eigenvalue weighted by atomic mass is 16.7. The van der Waals surface area contributed by atoms with E-state index in [-0.39, 0.29) is 6.42 Å². The smallest absolute Gasteiger partial charge is 0.305 e. The summed E-state index contributed by atoms with van der Waals surface area (Å²) in [6.45, 7) is 2.23. The van der Waals surface area contributed by atoms with Crippen molar-refractivity contribution in [2.75, 3.05) is 6.54 Å². The van der Waals surface area contributed by atoms with Gasteiger partial charge in [0.2, 0.25) is 0 Å². The highest BCUT2D eigenvalue weighted by molar-refractivity contribution is 5.67. The summed E-state index contributed by atoms with van der Waals surface area (Å²) in [7, 11) is 0. The Hall–Kier alpha value is -0.770. The first-order valence-electron chi connectivity index (χ1n) is 8.63. The number of hydrogen-bond donors (Lipinski definition) is 5. The summed E-state index contributed by atoms with van der Waals surface area (Å²) in [5.74, 6) is -0.998. The number of nitrogens with two attached hydrogens (primary N) is 1. The van der Waals surface area contributed by atoms with Gasteiger partial charge < -0.3 is 35.6 Å². The Labute approximate surface area is 142 Å².